The fraction of sp³-hybridized carbons (Fsp3) is 0.316. The van der Waals surface area contributed by atoms with Gasteiger partial charge in [0.15, 0.2) is 0 Å². The van der Waals surface area contributed by atoms with Gasteiger partial charge in [-0.25, -0.2) is 0 Å². The van der Waals surface area contributed by atoms with Gasteiger partial charge in [-0.15, -0.1) is 5.48 Å². The van der Waals surface area contributed by atoms with Crippen molar-refractivity contribution < 1.29 is 9.84 Å². The molecule has 0 heterocycles. The Hall–Kier alpha value is -1.34. The highest BCUT2D eigenvalue weighted by Gasteiger charge is 2.12. The molecule has 2 nitrogen and oxygen atoms in total. The van der Waals surface area contributed by atoms with Crippen molar-refractivity contribution in [2.45, 2.75) is 40.2 Å². The first-order valence-electron chi connectivity index (χ1n) is 7.48. The Bertz CT molecular complexity index is 725. The van der Waals surface area contributed by atoms with E-state index in [2.05, 4.69) is 0 Å². The van der Waals surface area contributed by atoms with E-state index in [0.717, 1.165) is 22.2 Å². The lowest BCUT2D eigenvalue weighted by Gasteiger charge is -2.22. The number of rotatable bonds is 3. The minimum absolute atomic E-state index is 0.0145. The Balaban J connectivity index is 2.36. The zero-order valence-electron chi connectivity index (χ0n) is 14.1. The molecule has 0 aliphatic rings. The molecule has 0 saturated carbocycles. The minimum atomic E-state index is -0.240. The molecule has 0 aliphatic carbocycles. The van der Waals surface area contributed by atoms with Gasteiger partial charge < -0.3 is 9.84 Å². The molecular weight excluding hydrogens is 327 g/mol. The van der Waals surface area contributed by atoms with Crippen molar-refractivity contribution in [2.24, 2.45) is 0 Å². The first-order valence-corrected chi connectivity index (χ1v) is 8.75. The molecule has 0 amide bonds. The van der Waals surface area contributed by atoms with Crippen LogP contribution in [0.5, 0.6) is 5.75 Å². The summed E-state index contributed by atoms with van der Waals surface area (Å²) in [7, 11) is 0.626. The van der Waals surface area contributed by atoms with E-state index >= 15 is 0 Å². The Morgan fingerprint density at radius 1 is 1.09 bits per heavy atom. The van der Waals surface area contributed by atoms with Crippen LogP contribution < -0.4 is 15.1 Å². The molecular formula is C19H21ClO2P-. The largest absolute Gasteiger partial charge is 0.823 e. The highest BCUT2D eigenvalue weighted by Crippen LogP contribution is 2.23. The van der Waals surface area contributed by atoms with Gasteiger partial charge in [0.1, 0.15) is 11.4 Å². The summed E-state index contributed by atoms with van der Waals surface area (Å²) in [6, 6.07) is 11.3. The van der Waals surface area contributed by atoms with Crippen LogP contribution in [0.3, 0.4) is 0 Å². The molecule has 2 aromatic rings. The van der Waals surface area contributed by atoms with Crippen molar-refractivity contribution >= 4 is 30.6 Å². The fourth-order valence-electron chi connectivity index (χ4n) is 2.24. The molecule has 0 unspecified atom stereocenters. The first kappa shape index (κ1) is 18.0. The highest BCUT2D eigenvalue weighted by molar-refractivity contribution is 7.49. The number of ether oxygens (including phenoxy) is 1. The third-order valence-electron chi connectivity index (χ3n) is 3.25. The Morgan fingerprint density at radius 2 is 1.78 bits per heavy atom. The van der Waals surface area contributed by atoms with Gasteiger partial charge in [-0.05, 0) is 75.6 Å². The lowest BCUT2D eigenvalue weighted by molar-refractivity contribution is -0.207. The minimum Gasteiger partial charge on any atom is -0.823 e. The van der Waals surface area contributed by atoms with E-state index < -0.39 is 0 Å². The van der Waals surface area contributed by atoms with Crippen LogP contribution in [0.2, 0.25) is 5.02 Å². The van der Waals surface area contributed by atoms with Gasteiger partial charge >= 0.3 is 0 Å². The van der Waals surface area contributed by atoms with Gasteiger partial charge in [-0.3, -0.25) is 0 Å². The van der Waals surface area contributed by atoms with Gasteiger partial charge in [-0.1, -0.05) is 31.9 Å². The third-order valence-corrected chi connectivity index (χ3v) is 4.73. The average Bonchev–Trinajstić information content (AvgIpc) is 2.40. The maximum Gasteiger partial charge on any atom is 0.120 e. The lowest BCUT2D eigenvalue weighted by atomic mass is 10.1. The van der Waals surface area contributed by atoms with E-state index in [1.807, 2.05) is 65.0 Å². The van der Waals surface area contributed by atoms with Crippen molar-refractivity contribution in [2.75, 3.05) is 0 Å². The van der Waals surface area contributed by atoms with Gasteiger partial charge in [0.25, 0.3) is 0 Å². The van der Waals surface area contributed by atoms with Gasteiger partial charge in [0, 0.05) is 10.3 Å². The number of halogens is 1. The molecule has 0 aromatic heterocycles. The van der Waals surface area contributed by atoms with E-state index in [-0.39, 0.29) is 11.1 Å². The summed E-state index contributed by atoms with van der Waals surface area (Å²) in [5.41, 5.74) is 2.31. The van der Waals surface area contributed by atoms with E-state index in [1.54, 1.807) is 6.07 Å². The second-order valence-corrected chi connectivity index (χ2v) is 8.03. The summed E-state index contributed by atoms with van der Waals surface area (Å²) in [6.07, 6.45) is 0. The molecule has 0 spiro atoms. The Labute approximate surface area is 144 Å². The number of hydrogen-bond donors (Lipinski definition) is 0. The van der Waals surface area contributed by atoms with Crippen LogP contribution >= 0.6 is 19.8 Å². The van der Waals surface area contributed by atoms with Crippen LogP contribution in [0, 0.1) is 13.8 Å². The second-order valence-electron chi connectivity index (χ2n) is 6.51. The standard InChI is InChI=1S/C19H22ClO2P/c1-12-7-6-8-15(20)17(12)18(21)23-16-10-9-14(11-13(16)2)22-19(3,4)5/h6-11,21H,1-5H3/p-1. The van der Waals surface area contributed by atoms with Crippen LogP contribution in [0.25, 0.3) is 0 Å². The molecule has 2 rings (SSSR count). The monoisotopic (exact) mass is 347 g/mol. The second kappa shape index (κ2) is 7.05. The zero-order chi connectivity index (χ0) is 17.2. The van der Waals surface area contributed by atoms with Crippen LogP contribution in [0.4, 0.5) is 0 Å². The van der Waals surface area contributed by atoms with Crippen LogP contribution in [-0.4, -0.2) is 11.1 Å². The van der Waals surface area contributed by atoms with Crippen molar-refractivity contribution in [3.8, 4) is 5.75 Å². The summed E-state index contributed by atoms with van der Waals surface area (Å²) in [5, 5.41) is 14.1. The van der Waals surface area contributed by atoms with Gasteiger partial charge in [0.2, 0.25) is 0 Å². The summed E-state index contributed by atoms with van der Waals surface area (Å²) in [4.78, 5) is 0. The molecule has 0 radical (unpaired) electrons. The maximum atomic E-state index is 12.6. The van der Waals surface area contributed by atoms with Crippen molar-refractivity contribution in [1.82, 2.24) is 0 Å². The molecule has 2 aromatic carbocycles. The molecule has 122 valence electrons. The number of benzene rings is 2. The van der Waals surface area contributed by atoms with Crippen molar-refractivity contribution in [1.29, 1.82) is 0 Å². The summed E-state index contributed by atoms with van der Waals surface area (Å²) >= 11 is 6.18. The normalized spacial score (nSPS) is 12.4. The van der Waals surface area contributed by atoms with E-state index in [0.29, 0.717) is 18.8 Å². The molecule has 0 atom stereocenters. The fourth-order valence-corrected chi connectivity index (χ4v) is 3.63. The number of hydrogen-bond acceptors (Lipinski definition) is 2. The molecule has 0 aliphatic heterocycles. The zero-order valence-corrected chi connectivity index (χ0v) is 15.8. The van der Waals surface area contributed by atoms with Crippen LogP contribution in [0.15, 0.2) is 36.4 Å². The molecule has 0 fully saturated rings. The van der Waals surface area contributed by atoms with E-state index in [9.17, 15) is 5.11 Å². The predicted octanol–water partition coefficient (Wildman–Crippen LogP) is 4.24. The lowest BCUT2D eigenvalue weighted by Crippen LogP contribution is -2.23. The summed E-state index contributed by atoms with van der Waals surface area (Å²) < 4.78 is 5.86. The molecule has 4 heteroatoms. The van der Waals surface area contributed by atoms with E-state index in [1.165, 1.54) is 0 Å². The molecule has 0 saturated heterocycles. The summed E-state index contributed by atoms with van der Waals surface area (Å²) in [6.45, 7) is 9.93. The Morgan fingerprint density at radius 3 is 2.35 bits per heavy atom. The topological polar surface area (TPSA) is 32.3 Å². The average molecular weight is 348 g/mol. The van der Waals surface area contributed by atoms with Crippen LogP contribution in [-0.2, 0) is 0 Å². The predicted molar refractivity (Wildman–Crippen MR) is 98.4 cm³/mol. The van der Waals surface area contributed by atoms with Crippen molar-refractivity contribution in [3.63, 3.8) is 0 Å². The Kier molecular flexibility index (Phi) is 5.52. The first-order chi connectivity index (χ1) is 10.7. The molecule has 0 bridgehead atoms. The molecule has 0 N–H and O–H groups in total. The number of aryl methyl sites for hydroxylation is 2. The highest BCUT2D eigenvalue weighted by atomic mass is 35.5. The molecule has 23 heavy (non-hydrogen) atoms. The maximum absolute atomic E-state index is 12.6. The van der Waals surface area contributed by atoms with Gasteiger partial charge in [-0.2, -0.15) is 0 Å². The van der Waals surface area contributed by atoms with Crippen LogP contribution in [0.1, 0.15) is 37.5 Å². The smallest absolute Gasteiger partial charge is 0.120 e. The summed E-state index contributed by atoms with van der Waals surface area (Å²) in [5.74, 6) is 0.815. The van der Waals surface area contributed by atoms with Crippen molar-refractivity contribution in [3.05, 3.63) is 58.1 Å². The quantitative estimate of drug-likeness (QED) is 0.778. The SMILES string of the molecule is Cc1cc(OC(C)(C)C)ccc1P=C([O-])c1c(C)cccc1Cl. The van der Waals surface area contributed by atoms with Gasteiger partial charge in [0.05, 0.1) is 0 Å². The third kappa shape index (κ3) is 4.81. The van der Waals surface area contributed by atoms with E-state index in [4.69, 9.17) is 16.3 Å².